The second kappa shape index (κ2) is 5.04. The summed E-state index contributed by atoms with van der Waals surface area (Å²) < 4.78 is 51.4. The van der Waals surface area contributed by atoms with Gasteiger partial charge in [0.2, 0.25) is 0 Å². The first-order chi connectivity index (χ1) is 9.62. The third-order valence-electron chi connectivity index (χ3n) is 3.26. The molecule has 0 fully saturated rings. The Balaban J connectivity index is 2.52. The maximum absolute atomic E-state index is 13.3. The van der Waals surface area contributed by atoms with Gasteiger partial charge >= 0.3 is 6.18 Å². The van der Waals surface area contributed by atoms with E-state index in [4.69, 9.17) is 0 Å². The molecule has 0 saturated heterocycles. The van der Waals surface area contributed by atoms with Crippen LogP contribution in [0.3, 0.4) is 0 Å². The summed E-state index contributed by atoms with van der Waals surface area (Å²) in [6, 6.07) is 7.72. The van der Waals surface area contributed by atoms with E-state index in [2.05, 4.69) is 0 Å². The number of rotatable bonds is 2. The number of halogens is 4. The molecular weight excluding hydrogens is 288 g/mol. The highest BCUT2D eigenvalue weighted by Crippen LogP contribution is 2.36. The quantitative estimate of drug-likeness (QED) is 0.828. The average molecular weight is 300 g/mol. The van der Waals surface area contributed by atoms with Crippen LogP contribution in [-0.2, 0) is 11.8 Å². The third-order valence-corrected chi connectivity index (χ3v) is 3.26. The molecule has 0 aliphatic rings. The fraction of sp³-hybridized carbons (Fsp3) is 0.200. The van der Waals surface area contributed by atoms with E-state index in [1.807, 2.05) is 0 Å². The largest absolute Gasteiger partial charge is 0.508 e. The van der Waals surface area contributed by atoms with Gasteiger partial charge in [-0.15, -0.1) is 0 Å². The number of alkyl halides is 3. The van der Waals surface area contributed by atoms with Crippen molar-refractivity contribution in [3.05, 3.63) is 65.0 Å². The van der Waals surface area contributed by atoms with Crippen LogP contribution in [0.5, 0.6) is 5.75 Å². The zero-order valence-corrected chi connectivity index (χ0v) is 10.9. The summed E-state index contributed by atoms with van der Waals surface area (Å²) in [4.78, 5) is 0. The Morgan fingerprint density at radius 3 is 1.95 bits per heavy atom. The number of phenolic OH excluding ortho intramolecular Hbond substituents is 1. The SMILES string of the molecule is CC(O)(c1ccc(O)cc1)c1ccc(F)c(C(F)(F)F)c1. The summed E-state index contributed by atoms with van der Waals surface area (Å²) in [5, 5.41) is 19.7. The maximum Gasteiger partial charge on any atom is 0.419 e. The summed E-state index contributed by atoms with van der Waals surface area (Å²) >= 11 is 0. The first-order valence-electron chi connectivity index (χ1n) is 6.01. The van der Waals surface area contributed by atoms with Crippen LogP contribution in [0.4, 0.5) is 17.6 Å². The molecule has 2 rings (SSSR count). The van der Waals surface area contributed by atoms with Crippen LogP contribution in [0.15, 0.2) is 42.5 Å². The summed E-state index contributed by atoms with van der Waals surface area (Å²) in [5.74, 6) is -1.43. The Labute approximate surface area is 118 Å². The molecule has 1 atom stereocenters. The van der Waals surface area contributed by atoms with Crippen LogP contribution in [0.1, 0.15) is 23.6 Å². The molecular formula is C15H12F4O2. The Morgan fingerprint density at radius 1 is 0.905 bits per heavy atom. The monoisotopic (exact) mass is 300 g/mol. The van der Waals surface area contributed by atoms with Crippen LogP contribution in [-0.4, -0.2) is 10.2 Å². The van der Waals surface area contributed by atoms with Gasteiger partial charge in [0.05, 0.1) is 5.56 Å². The first-order valence-corrected chi connectivity index (χ1v) is 6.01. The van der Waals surface area contributed by atoms with E-state index in [0.717, 1.165) is 6.07 Å². The van der Waals surface area contributed by atoms with Gasteiger partial charge in [0.15, 0.2) is 0 Å². The van der Waals surface area contributed by atoms with Crippen LogP contribution in [0, 0.1) is 5.82 Å². The molecule has 0 aromatic heterocycles. The second-order valence-electron chi connectivity index (χ2n) is 4.81. The van der Waals surface area contributed by atoms with Crippen molar-refractivity contribution in [1.29, 1.82) is 0 Å². The summed E-state index contributed by atoms with van der Waals surface area (Å²) in [7, 11) is 0. The van der Waals surface area contributed by atoms with Gasteiger partial charge in [-0.1, -0.05) is 18.2 Å². The van der Waals surface area contributed by atoms with E-state index >= 15 is 0 Å². The van der Waals surface area contributed by atoms with Gasteiger partial charge in [-0.05, 0) is 42.3 Å². The van der Waals surface area contributed by atoms with Crippen molar-refractivity contribution < 1.29 is 27.8 Å². The lowest BCUT2D eigenvalue weighted by atomic mass is 9.87. The lowest BCUT2D eigenvalue weighted by Crippen LogP contribution is -2.24. The predicted molar refractivity (Wildman–Crippen MR) is 68.2 cm³/mol. The minimum Gasteiger partial charge on any atom is -0.508 e. The molecule has 0 spiro atoms. The highest BCUT2D eigenvalue weighted by atomic mass is 19.4. The zero-order chi connectivity index (χ0) is 15.8. The highest BCUT2D eigenvalue weighted by molar-refractivity contribution is 5.40. The molecule has 0 aliphatic heterocycles. The minimum absolute atomic E-state index is 0.0374. The molecule has 21 heavy (non-hydrogen) atoms. The van der Waals surface area contributed by atoms with Crippen LogP contribution < -0.4 is 0 Å². The summed E-state index contributed by atoms with van der Waals surface area (Å²) in [6.07, 6.45) is -4.84. The number of phenols is 1. The number of aliphatic hydroxyl groups is 1. The smallest absolute Gasteiger partial charge is 0.419 e. The van der Waals surface area contributed by atoms with Crippen molar-refractivity contribution in [2.24, 2.45) is 0 Å². The Morgan fingerprint density at radius 2 is 1.43 bits per heavy atom. The number of hydrogen-bond acceptors (Lipinski definition) is 2. The van der Waals surface area contributed by atoms with E-state index in [1.165, 1.54) is 31.2 Å². The van der Waals surface area contributed by atoms with Crippen molar-refractivity contribution in [2.75, 3.05) is 0 Å². The number of benzene rings is 2. The van der Waals surface area contributed by atoms with E-state index < -0.39 is 23.2 Å². The summed E-state index contributed by atoms with van der Waals surface area (Å²) in [6.45, 7) is 1.30. The Hall–Kier alpha value is -2.08. The van der Waals surface area contributed by atoms with Crippen LogP contribution in [0.25, 0.3) is 0 Å². The number of hydrogen-bond donors (Lipinski definition) is 2. The average Bonchev–Trinajstić information content (AvgIpc) is 2.38. The second-order valence-corrected chi connectivity index (χ2v) is 4.81. The lowest BCUT2D eigenvalue weighted by molar-refractivity contribution is -0.140. The normalized spacial score (nSPS) is 14.8. The van der Waals surface area contributed by atoms with E-state index in [1.54, 1.807) is 0 Å². The fourth-order valence-electron chi connectivity index (χ4n) is 2.00. The lowest BCUT2D eigenvalue weighted by Gasteiger charge is -2.25. The molecule has 2 aromatic rings. The molecule has 0 heterocycles. The Bertz CT molecular complexity index is 646. The van der Waals surface area contributed by atoms with Gasteiger partial charge in [-0.25, -0.2) is 4.39 Å². The van der Waals surface area contributed by atoms with Gasteiger partial charge in [0, 0.05) is 0 Å². The van der Waals surface area contributed by atoms with Crippen molar-refractivity contribution in [3.8, 4) is 5.75 Å². The molecule has 6 heteroatoms. The van der Waals surface area contributed by atoms with Gasteiger partial charge < -0.3 is 10.2 Å². The van der Waals surface area contributed by atoms with Crippen molar-refractivity contribution in [3.63, 3.8) is 0 Å². The zero-order valence-electron chi connectivity index (χ0n) is 10.9. The Kier molecular flexibility index (Phi) is 3.67. The first kappa shape index (κ1) is 15.3. The van der Waals surface area contributed by atoms with E-state index in [0.29, 0.717) is 12.1 Å². The molecule has 0 aliphatic carbocycles. The maximum atomic E-state index is 13.3. The van der Waals surface area contributed by atoms with Crippen LogP contribution >= 0.6 is 0 Å². The molecule has 112 valence electrons. The molecule has 2 nitrogen and oxygen atoms in total. The van der Waals surface area contributed by atoms with E-state index in [9.17, 15) is 27.8 Å². The fourth-order valence-corrected chi connectivity index (χ4v) is 2.00. The standard InChI is InChI=1S/C15H12F4O2/c1-14(21,9-2-5-11(20)6-3-9)10-4-7-13(16)12(8-10)15(17,18)19/h2-8,20-21H,1H3. The van der Waals surface area contributed by atoms with Gasteiger partial charge in [-0.3, -0.25) is 0 Å². The molecule has 0 amide bonds. The van der Waals surface area contributed by atoms with Crippen LogP contribution in [0.2, 0.25) is 0 Å². The predicted octanol–water partition coefficient (Wildman–Crippen LogP) is 3.81. The third kappa shape index (κ3) is 3.00. The minimum atomic E-state index is -4.84. The highest BCUT2D eigenvalue weighted by Gasteiger charge is 2.36. The van der Waals surface area contributed by atoms with Crippen molar-refractivity contribution >= 4 is 0 Å². The van der Waals surface area contributed by atoms with Gasteiger partial charge in [0.1, 0.15) is 17.2 Å². The van der Waals surface area contributed by atoms with Crippen molar-refractivity contribution in [1.82, 2.24) is 0 Å². The van der Waals surface area contributed by atoms with Gasteiger partial charge in [0.25, 0.3) is 0 Å². The summed E-state index contributed by atoms with van der Waals surface area (Å²) in [5.41, 5.74) is -3.00. The number of aromatic hydroxyl groups is 1. The molecule has 0 bridgehead atoms. The molecule has 2 N–H and O–H groups in total. The van der Waals surface area contributed by atoms with Crippen molar-refractivity contribution in [2.45, 2.75) is 18.7 Å². The molecule has 0 saturated carbocycles. The molecule has 1 unspecified atom stereocenters. The van der Waals surface area contributed by atoms with Gasteiger partial charge in [-0.2, -0.15) is 13.2 Å². The topological polar surface area (TPSA) is 40.5 Å². The van der Waals surface area contributed by atoms with E-state index in [-0.39, 0.29) is 16.9 Å². The molecule has 2 aromatic carbocycles. The molecule has 0 radical (unpaired) electrons.